The Morgan fingerprint density at radius 1 is 1.07 bits per heavy atom. The molecule has 2 nitrogen and oxygen atoms in total. The van der Waals surface area contributed by atoms with Crippen LogP contribution in [0.5, 0.6) is 0 Å². The number of hydrogen-bond donors (Lipinski definition) is 0. The second-order valence-corrected chi connectivity index (χ2v) is 6.11. The Kier molecular flexibility index (Phi) is 4.85. The highest BCUT2D eigenvalue weighted by Gasteiger charge is 2.34. The topological polar surface area (TPSA) is 12.5 Å². The van der Waals surface area contributed by atoms with Gasteiger partial charge in [-0.1, -0.05) is 26.8 Å². The standard InChI is InChI=1S/C13H27NO/c1-9-10-15-14(13(6,7)8)11(2)12(3,4)5/h9-11H,1-8H3/b10-9+. The fraction of sp³-hybridized carbons (Fsp3) is 0.846. The Hall–Kier alpha value is -0.500. The van der Waals surface area contributed by atoms with Crippen LogP contribution in [0.3, 0.4) is 0 Å². The van der Waals surface area contributed by atoms with Crippen molar-refractivity contribution in [3.63, 3.8) is 0 Å². The van der Waals surface area contributed by atoms with Gasteiger partial charge in [-0.3, -0.25) is 0 Å². The minimum atomic E-state index is 0.00616. The molecule has 0 heterocycles. The molecule has 0 bridgehead atoms. The predicted molar refractivity (Wildman–Crippen MR) is 66.4 cm³/mol. The third-order valence-electron chi connectivity index (χ3n) is 2.58. The Bertz CT molecular complexity index is 208. The largest absolute Gasteiger partial charge is 0.413 e. The van der Waals surface area contributed by atoms with Crippen molar-refractivity contribution in [2.24, 2.45) is 5.41 Å². The van der Waals surface area contributed by atoms with Crippen LogP contribution in [0, 0.1) is 5.41 Å². The Morgan fingerprint density at radius 3 is 1.80 bits per heavy atom. The van der Waals surface area contributed by atoms with E-state index in [1.807, 2.05) is 13.0 Å². The van der Waals surface area contributed by atoms with Gasteiger partial charge in [-0.25, -0.2) is 0 Å². The summed E-state index contributed by atoms with van der Waals surface area (Å²) in [6, 6.07) is 0.355. The zero-order valence-corrected chi connectivity index (χ0v) is 11.6. The fourth-order valence-corrected chi connectivity index (χ4v) is 1.31. The Balaban J connectivity index is 4.79. The Labute approximate surface area is 95.3 Å². The summed E-state index contributed by atoms with van der Waals surface area (Å²) in [5, 5.41) is 2.06. The highest BCUT2D eigenvalue weighted by Crippen LogP contribution is 2.29. The normalized spacial score (nSPS) is 16.1. The molecule has 0 N–H and O–H groups in total. The molecule has 0 aliphatic carbocycles. The lowest BCUT2D eigenvalue weighted by atomic mass is 9.86. The van der Waals surface area contributed by atoms with Gasteiger partial charge in [0.1, 0.15) is 6.26 Å². The lowest BCUT2D eigenvalue weighted by Gasteiger charge is -2.43. The molecule has 0 spiro atoms. The molecule has 0 fully saturated rings. The lowest BCUT2D eigenvalue weighted by Crippen LogP contribution is -2.50. The van der Waals surface area contributed by atoms with E-state index in [0.717, 1.165) is 0 Å². The molecule has 0 rings (SSSR count). The van der Waals surface area contributed by atoms with E-state index in [4.69, 9.17) is 4.84 Å². The first-order chi connectivity index (χ1) is 6.60. The first kappa shape index (κ1) is 14.5. The molecular weight excluding hydrogens is 186 g/mol. The van der Waals surface area contributed by atoms with Crippen molar-refractivity contribution in [2.75, 3.05) is 0 Å². The molecule has 90 valence electrons. The SMILES string of the molecule is C/C=C/ON(C(C)C(C)(C)C)C(C)(C)C. The number of nitrogens with zero attached hydrogens (tertiary/aromatic N) is 1. The molecule has 2 heteroatoms. The van der Waals surface area contributed by atoms with Gasteiger partial charge in [0.05, 0.1) is 0 Å². The molecule has 0 aromatic rings. The van der Waals surface area contributed by atoms with Crippen LogP contribution in [0.1, 0.15) is 55.4 Å². The molecule has 0 saturated heterocycles. The van der Waals surface area contributed by atoms with Crippen molar-refractivity contribution in [2.45, 2.75) is 67.0 Å². The minimum Gasteiger partial charge on any atom is -0.413 e. The van der Waals surface area contributed by atoms with E-state index < -0.39 is 0 Å². The maximum absolute atomic E-state index is 5.70. The fourth-order valence-electron chi connectivity index (χ4n) is 1.31. The second kappa shape index (κ2) is 5.02. The molecular formula is C13H27NO. The van der Waals surface area contributed by atoms with Crippen molar-refractivity contribution < 1.29 is 4.84 Å². The minimum absolute atomic E-state index is 0.00616. The van der Waals surface area contributed by atoms with Crippen molar-refractivity contribution >= 4 is 0 Å². The van der Waals surface area contributed by atoms with E-state index in [1.165, 1.54) is 0 Å². The van der Waals surface area contributed by atoms with Gasteiger partial charge in [-0.05, 0) is 40.0 Å². The number of hydrogen-bond acceptors (Lipinski definition) is 2. The van der Waals surface area contributed by atoms with Gasteiger partial charge in [-0.15, -0.1) is 5.06 Å². The maximum Gasteiger partial charge on any atom is 0.107 e. The van der Waals surface area contributed by atoms with E-state index in [9.17, 15) is 0 Å². The molecule has 0 aliphatic rings. The first-order valence-corrected chi connectivity index (χ1v) is 5.68. The van der Waals surface area contributed by atoms with Crippen molar-refractivity contribution in [3.8, 4) is 0 Å². The van der Waals surface area contributed by atoms with Crippen LogP contribution >= 0.6 is 0 Å². The molecule has 1 atom stereocenters. The van der Waals surface area contributed by atoms with E-state index >= 15 is 0 Å². The van der Waals surface area contributed by atoms with E-state index in [2.05, 4.69) is 53.5 Å². The number of allylic oxidation sites excluding steroid dienone is 1. The van der Waals surface area contributed by atoms with Crippen molar-refractivity contribution in [1.29, 1.82) is 0 Å². The Morgan fingerprint density at radius 2 is 1.53 bits per heavy atom. The molecule has 15 heavy (non-hydrogen) atoms. The zero-order chi connectivity index (χ0) is 12.3. The van der Waals surface area contributed by atoms with Crippen LogP contribution in [0.2, 0.25) is 0 Å². The molecule has 0 amide bonds. The first-order valence-electron chi connectivity index (χ1n) is 5.68. The van der Waals surface area contributed by atoms with Gasteiger partial charge >= 0.3 is 0 Å². The van der Waals surface area contributed by atoms with Crippen LogP contribution in [0.15, 0.2) is 12.3 Å². The summed E-state index contributed by atoms with van der Waals surface area (Å²) in [6.07, 6.45) is 3.65. The third kappa shape index (κ3) is 4.70. The molecule has 1 unspecified atom stereocenters. The van der Waals surface area contributed by atoms with Crippen LogP contribution in [-0.2, 0) is 4.84 Å². The summed E-state index contributed by atoms with van der Waals surface area (Å²) >= 11 is 0. The van der Waals surface area contributed by atoms with Crippen molar-refractivity contribution in [3.05, 3.63) is 12.3 Å². The van der Waals surface area contributed by atoms with E-state index in [0.29, 0.717) is 6.04 Å². The van der Waals surface area contributed by atoms with E-state index in [1.54, 1.807) is 6.26 Å². The third-order valence-corrected chi connectivity index (χ3v) is 2.58. The average molecular weight is 213 g/mol. The average Bonchev–Trinajstić information content (AvgIpc) is 2.00. The molecule has 0 aromatic carbocycles. The monoisotopic (exact) mass is 213 g/mol. The van der Waals surface area contributed by atoms with Gasteiger partial charge in [-0.2, -0.15) is 0 Å². The maximum atomic E-state index is 5.70. The predicted octanol–water partition coefficient (Wildman–Crippen LogP) is 3.99. The molecule has 0 radical (unpaired) electrons. The molecule has 0 saturated carbocycles. The molecule has 0 aliphatic heterocycles. The van der Waals surface area contributed by atoms with Gasteiger partial charge in [0.15, 0.2) is 0 Å². The van der Waals surface area contributed by atoms with E-state index in [-0.39, 0.29) is 11.0 Å². The van der Waals surface area contributed by atoms with Crippen molar-refractivity contribution in [1.82, 2.24) is 5.06 Å². The number of hydroxylamine groups is 2. The molecule has 0 aromatic heterocycles. The van der Waals surface area contributed by atoms with Crippen LogP contribution < -0.4 is 0 Å². The van der Waals surface area contributed by atoms with Crippen LogP contribution in [-0.4, -0.2) is 16.6 Å². The summed E-state index contributed by atoms with van der Waals surface area (Å²) in [7, 11) is 0. The van der Waals surface area contributed by atoms with Gasteiger partial charge in [0.25, 0.3) is 0 Å². The van der Waals surface area contributed by atoms with Crippen LogP contribution in [0.4, 0.5) is 0 Å². The zero-order valence-electron chi connectivity index (χ0n) is 11.6. The van der Waals surface area contributed by atoms with Gasteiger partial charge < -0.3 is 4.84 Å². The summed E-state index contributed by atoms with van der Waals surface area (Å²) in [5.74, 6) is 0. The summed E-state index contributed by atoms with van der Waals surface area (Å²) < 4.78 is 0. The van der Waals surface area contributed by atoms with Crippen LogP contribution in [0.25, 0.3) is 0 Å². The summed E-state index contributed by atoms with van der Waals surface area (Å²) in [5.41, 5.74) is 0.209. The highest BCUT2D eigenvalue weighted by molar-refractivity contribution is 4.83. The number of rotatable bonds is 3. The lowest BCUT2D eigenvalue weighted by molar-refractivity contribution is -0.209. The quantitative estimate of drug-likeness (QED) is 0.519. The van der Waals surface area contributed by atoms with Gasteiger partial charge in [0, 0.05) is 11.6 Å². The summed E-state index contributed by atoms with van der Waals surface area (Å²) in [6.45, 7) is 17.4. The second-order valence-electron chi connectivity index (χ2n) is 6.11. The summed E-state index contributed by atoms with van der Waals surface area (Å²) in [4.78, 5) is 5.70. The smallest absolute Gasteiger partial charge is 0.107 e. The van der Waals surface area contributed by atoms with Gasteiger partial charge in [0.2, 0.25) is 0 Å². The highest BCUT2D eigenvalue weighted by atomic mass is 16.7.